The van der Waals surface area contributed by atoms with Gasteiger partial charge in [-0.2, -0.15) is 0 Å². The number of piperidine rings is 1. The Balaban J connectivity index is 1.35. The van der Waals surface area contributed by atoms with Gasteiger partial charge in [0.15, 0.2) is 11.4 Å². The lowest BCUT2D eigenvalue weighted by Crippen LogP contribution is -2.38. The molecular weight excluding hydrogens is 705 g/mol. The fourth-order valence-corrected chi connectivity index (χ4v) is 9.10. The van der Waals surface area contributed by atoms with Crippen molar-refractivity contribution in [3.8, 4) is 11.3 Å². The van der Waals surface area contributed by atoms with Crippen molar-refractivity contribution in [2.75, 3.05) is 31.8 Å². The summed E-state index contributed by atoms with van der Waals surface area (Å²) in [6, 6.07) is 23.3. The van der Waals surface area contributed by atoms with Crippen molar-refractivity contribution < 1.29 is 36.0 Å². The van der Waals surface area contributed by atoms with Gasteiger partial charge in [-0.25, -0.2) is 30.6 Å². The number of fused-ring (bicyclic) bond motifs is 1. The first-order valence-corrected chi connectivity index (χ1v) is 20.0. The molecule has 1 aliphatic rings. The Labute approximate surface area is 302 Å². The Morgan fingerprint density at radius 3 is 2.12 bits per heavy atom. The maximum absolute atomic E-state index is 14.3. The molecule has 5 aromatic rings. The molecule has 3 heterocycles. The van der Waals surface area contributed by atoms with E-state index in [-0.39, 0.29) is 44.5 Å². The quantitative estimate of drug-likeness (QED) is 0.142. The Morgan fingerprint density at radius 1 is 0.885 bits per heavy atom. The lowest BCUT2D eigenvalue weighted by molar-refractivity contribution is -0.115. The smallest absolute Gasteiger partial charge is 0.337 e. The largest absolute Gasteiger partial charge is 0.465 e. The van der Waals surface area contributed by atoms with Gasteiger partial charge in [-0.3, -0.25) is 14.5 Å². The fraction of sp³-hybridized carbons (Fsp3) is 0.263. The van der Waals surface area contributed by atoms with E-state index in [1.807, 2.05) is 24.3 Å². The van der Waals surface area contributed by atoms with Crippen molar-refractivity contribution in [2.24, 2.45) is 0 Å². The predicted octanol–water partition coefficient (Wildman–Crippen LogP) is 5.12. The van der Waals surface area contributed by atoms with Gasteiger partial charge in [0.1, 0.15) is 9.84 Å². The number of esters is 1. The highest BCUT2D eigenvalue weighted by Gasteiger charge is 2.29. The van der Waals surface area contributed by atoms with Gasteiger partial charge >= 0.3 is 5.97 Å². The van der Waals surface area contributed by atoms with Crippen LogP contribution in [0.5, 0.6) is 0 Å². The molecule has 1 amide bonds. The molecule has 1 fully saturated rings. The SMILES string of the molecule is COC(=O)c1ccc(CC(=O)Nc2cnc3c(cc(-c4ccc(CN5CCC(S(C)(=O)=O)CC5)cc4)n3S(=O)(=O)c3ccccc3)c2C(C)=O)cc1. The van der Waals surface area contributed by atoms with Gasteiger partial charge in [0.05, 0.1) is 52.4 Å². The van der Waals surface area contributed by atoms with Gasteiger partial charge in [-0.15, -0.1) is 0 Å². The van der Waals surface area contributed by atoms with E-state index in [1.54, 1.807) is 48.5 Å². The number of amides is 1. The van der Waals surface area contributed by atoms with Crippen LogP contribution >= 0.6 is 0 Å². The minimum Gasteiger partial charge on any atom is -0.465 e. The number of carbonyl (C=O) groups is 3. The first-order chi connectivity index (χ1) is 24.8. The van der Waals surface area contributed by atoms with Crippen molar-refractivity contribution in [1.29, 1.82) is 0 Å². The topological polar surface area (TPSA) is 162 Å². The lowest BCUT2D eigenvalue weighted by Gasteiger charge is -2.31. The third-order valence-electron chi connectivity index (χ3n) is 9.23. The molecular formula is C38H38N4O8S2. The standard InChI is InChI=1S/C38H38N4O8S2/c1-25(43)36-32-22-34(28-13-11-27(12-14-28)24-41-19-17-30(18-20-41)51(3,46)47)42(52(48,49)31-7-5-4-6-8-31)37(32)39-23-33(36)40-35(44)21-26-9-15-29(16-10-26)38(45)50-2/h4-16,22-23,30H,17-21,24H2,1-3H3,(H,40,44). The first kappa shape index (κ1) is 36.6. The second kappa shape index (κ2) is 14.8. The second-order valence-electron chi connectivity index (χ2n) is 12.9. The normalized spacial score (nSPS) is 14.3. The molecule has 0 spiro atoms. The molecule has 0 unspecified atom stereocenters. The molecule has 1 N–H and O–H groups in total. The number of ketones is 1. The molecule has 12 nitrogen and oxygen atoms in total. The molecule has 270 valence electrons. The fourth-order valence-electron chi connectivity index (χ4n) is 6.53. The summed E-state index contributed by atoms with van der Waals surface area (Å²) < 4.78 is 58.3. The first-order valence-electron chi connectivity index (χ1n) is 16.6. The van der Waals surface area contributed by atoms with E-state index in [1.165, 1.54) is 38.6 Å². The number of hydrogen-bond acceptors (Lipinski definition) is 10. The van der Waals surface area contributed by atoms with E-state index in [0.717, 1.165) is 9.54 Å². The summed E-state index contributed by atoms with van der Waals surface area (Å²) in [5.41, 5.74) is 3.04. The van der Waals surface area contributed by atoms with Gasteiger partial charge in [0.2, 0.25) is 5.91 Å². The molecule has 52 heavy (non-hydrogen) atoms. The third kappa shape index (κ3) is 7.69. The van der Waals surface area contributed by atoms with Crippen LogP contribution in [0.3, 0.4) is 0 Å². The van der Waals surface area contributed by atoms with E-state index in [0.29, 0.717) is 49.2 Å². The number of hydrogen-bond donors (Lipinski definition) is 1. The van der Waals surface area contributed by atoms with E-state index in [4.69, 9.17) is 4.74 Å². The average Bonchev–Trinajstić information content (AvgIpc) is 3.52. The molecule has 0 atom stereocenters. The summed E-state index contributed by atoms with van der Waals surface area (Å²) in [6.07, 6.45) is 3.66. The van der Waals surface area contributed by atoms with E-state index < -0.39 is 37.5 Å². The van der Waals surface area contributed by atoms with Crippen LogP contribution in [0.4, 0.5) is 5.69 Å². The van der Waals surface area contributed by atoms with E-state index in [2.05, 4.69) is 15.2 Å². The molecule has 1 aliphatic heterocycles. The average molecular weight is 743 g/mol. The van der Waals surface area contributed by atoms with Crippen molar-refractivity contribution in [3.63, 3.8) is 0 Å². The highest BCUT2D eigenvalue weighted by Crippen LogP contribution is 2.36. The van der Waals surface area contributed by atoms with Crippen molar-refractivity contribution >= 4 is 54.2 Å². The number of benzene rings is 3. The minimum atomic E-state index is -4.22. The Hall–Kier alpha value is -5.18. The second-order valence-corrected chi connectivity index (χ2v) is 17.0. The number of anilines is 1. The molecule has 0 bridgehead atoms. The van der Waals surface area contributed by atoms with Crippen LogP contribution in [0.15, 0.2) is 96.0 Å². The number of Topliss-reactive ketones (excluding diaryl/α,β-unsaturated/α-hetero) is 1. The number of methoxy groups -OCH3 is 1. The third-order valence-corrected chi connectivity index (χ3v) is 12.6. The summed E-state index contributed by atoms with van der Waals surface area (Å²) >= 11 is 0. The van der Waals surface area contributed by atoms with Crippen LogP contribution in [-0.2, 0) is 42.4 Å². The highest BCUT2D eigenvalue weighted by molar-refractivity contribution is 7.91. The van der Waals surface area contributed by atoms with Gasteiger partial charge in [-0.1, -0.05) is 54.6 Å². The molecule has 0 radical (unpaired) electrons. The maximum Gasteiger partial charge on any atom is 0.337 e. The summed E-state index contributed by atoms with van der Waals surface area (Å²) in [7, 11) is -6.01. The zero-order valence-electron chi connectivity index (χ0n) is 28.9. The minimum absolute atomic E-state index is 0.0262. The van der Waals surface area contributed by atoms with Gasteiger partial charge in [0, 0.05) is 18.2 Å². The Morgan fingerprint density at radius 2 is 1.52 bits per heavy atom. The monoisotopic (exact) mass is 742 g/mol. The zero-order valence-corrected chi connectivity index (χ0v) is 30.5. The number of aromatic nitrogens is 2. The van der Waals surface area contributed by atoms with E-state index >= 15 is 0 Å². The van der Waals surface area contributed by atoms with Crippen LogP contribution in [0.1, 0.15) is 51.6 Å². The number of rotatable bonds is 11. The number of sulfone groups is 1. The van der Waals surface area contributed by atoms with Crippen molar-refractivity contribution in [1.82, 2.24) is 13.9 Å². The van der Waals surface area contributed by atoms with Crippen LogP contribution < -0.4 is 5.32 Å². The van der Waals surface area contributed by atoms with Crippen molar-refractivity contribution in [3.05, 3.63) is 113 Å². The Kier molecular flexibility index (Phi) is 10.4. The van der Waals surface area contributed by atoms with Gasteiger partial charge in [0.25, 0.3) is 10.0 Å². The van der Waals surface area contributed by atoms with E-state index in [9.17, 15) is 31.2 Å². The summed E-state index contributed by atoms with van der Waals surface area (Å²) in [4.78, 5) is 44.9. The molecule has 1 saturated heterocycles. The number of nitrogens with zero attached hydrogens (tertiary/aromatic N) is 3. The van der Waals surface area contributed by atoms with Gasteiger partial charge < -0.3 is 10.1 Å². The summed E-state index contributed by atoms with van der Waals surface area (Å²) in [6.45, 7) is 3.26. The number of carbonyl (C=O) groups excluding carboxylic acids is 3. The maximum atomic E-state index is 14.3. The van der Waals surface area contributed by atoms with Crippen LogP contribution in [-0.4, -0.2) is 80.1 Å². The molecule has 14 heteroatoms. The number of nitrogens with one attached hydrogen (secondary N) is 1. The number of ether oxygens (including phenoxy) is 1. The van der Waals surface area contributed by atoms with Crippen LogP contribution in [0.25, 0.3) is 22.3 Å². The lowest BCUT2D eigenvalue weighted by atomic mass is 10.0. The molecule has 0 saturated carbocycles. The predicted molar refractivity (Wildman–Crippen MR) is 197 cm³/mol. The van der Waals surface area contributed by atoms with Crippen LogP contribution in [0.2, 0.25) is 0 Å². The molecule has 6 rings (SSSR count). The van der Waals surface area contributed by atoms with Gasteiger partial charge in [-0.05, 0) is 79.9 Å². The number of pyridine rings is 1. The summed E-state index contributed by atoms with van der Waals surface area (Å²) in [5, 5.41) is 2.69. The van der Waals surface area contributed by atoms with Crippen molar-refractivity contribution in [2.45, 2.75) is 42.9 Å². The summed E-state index contributed by atoms with van der Waals surface area (Å²) in [5.74, 6) is -1.34. The molecule has 0 aliphatic carbocycles. The number of likely N-dealkylation sites (tertiary alicyclic amines) is 1. The molecule has 3 aromatic carbocycles. The Bertz CT molecular complexity index is 2370. The highest BCUT2D eigenvalue weighted by atomic mass is 32.2. The zero-order chi connectivity index (χ0) is 37.2. The molecule has 2 aromatic heterocycles. The van der Waals surface area contributed by atoms with Crippen LogP contribution in [0, 0.1) is 0 Å².